The SMILES string of the molecule is C/C(=C\C=C1\C=CC=CC1C)c1ccc(C2=CC(c3ccc4ccccc4c3)Nc3ccc(-c4ccc5ccccc5c4)cc32)cn1.CC. The third kappa shape index (κ3) is 6.68. The molecule has 2 atom stereocenters. The Kier molecular flexibility index (Phi) is 9.21. The van der Waals surface area contributed by atoms with Crippen molar-refractivity contribution in [2.75, 3.05) is 5.32 Å². The number of fused-ring (bicyclic) bond motifs is 3. The number of nitrogens with zero attached hydrogens (tertiary/aromatic N) is 1. The molecule has 6 aromatic rings. The predicted molar refractivity (Wildman–Crippen MR) is 212 cm³/mol. The van der Waals surface area contributed by atoms with Gasteiger partial charge in [-0.3, -0.25) is 4.98 Å². The van der Waals surface area contributed by atoms with E-state index in [2.05, 4.69) is 177 Å². The van der Waals surface area contributed by atoms with Crippen molar-refractivity contribution in [2.45, 2.75) is 33.7 Å². The standard InChI is InChI=1S/C45H36N2.C2H6/c1-30-9-3-4-10-32(30)16-15-31(2)43-23-22-40(29-46-43)41-28-45(39-20-18-34-12-6-8-14-36(34)26-39)47-44-24-21-38(27-42(41)44)37-19-17-33-11-5-7-13-35(33)25-37;1-2/h3-30,45,47H,1-2H3;1-2H3/b31-15+,32-16-;. The molecule has 1 aromatic heterocycles. The molecule has 0 saturated carbocycles. The first-order chi connectivity index (χ1) is 24.1. The van der Waals surface area contributed by atoms with Crippen LogP contribution in [-0.4, -0.2) is 4.98 Å². The van der Waals surface area contributed by atoms with Crippen molar-refractivity contribution in [1.82, 2.24) is 4.98 Å². The van der Waals surface area contributed by atoms with Gasteiger partial charge in [-0.25, -0.2) is 0 Å². The molecule has 2 heterocycles. The van der Waals surface area contributed by atoms with Crippen LogP contribution in [0.5, 0.6) is 0 Å². The summed E-state index contributed by atoms with van der Waals surface area (Å²) in [5.41, 5.74) is 11.7. The number of hydrogen-bond donors (Lipinski definition) is 1. The number of anilines is 1. The lowest BCUT2D eigenvalue weighted by Gasteiger charge is -2.28. The van der Waals surface area contributed by atoms with Crippen LogP contribution in [0, 0.1) is 5.92 Å². The minimum atomic E-state index is 0.0288. The zero-order valence-electron chi connectivity index (χ0n) is 28.7. The fourth-order valence-corrected chi connectivity index (χ4v) is 6.70. The largest absolute Gasteiger partial charge is 0.374 e. The summed E-state index contributed by atoms with van der Waals surface area (Å²) in [6.45, 7) is 8.36. The van der Waals surface area contributed by atoms with Gasteiger partial charge in [-0.2, -0.15) is 0 Å². The van der Waals surface area contributed by atoms with Crippen LogP contribution in [0.25, 0.3) is 43.8 Å². The number of pyridine rings is 1. The molecule has 5 aromatic carbocycles. The van der Waals surface area contributed by atoms with Crippen LogP contribution in [0.4, 0.5) is 5.69 Å². The minimum absolute atomic E-state index is 0.0288. The van der Waals surface area contributed by atoms with E-state index < -0.39 is 0 Å². The maximum Gasteiger partial charge on any atom is 0.0707 e. The summed E-state index contributed by atoms with van der Waals surface area (Å²) >= 11 is 0. The molecule has 1 aliphatic carbocycles. The van der Waals surface area contributed by atoms with Gasteiger partial charge in [0.05, 0.1) is 11.7 Å². The van der Waals surface area contributed by atoms with E-state index in [1.807, 2.05) is 20.0 Å². The van der Waals surface area contributed by atoms with Gasteiger partial charge < -0.3 is 5.32 Å². The number of nitrogens with one attached hydrogen (secondary N) is 1. The number of hydrogen-bond acceptors (Lipinski definition) is 2. The molecule has 0 bridgehead atoms. The predicted octanol–water partition coefficient (Wildman–Crippen LogP) is 12.8. The lowest BCUT2D eigenvalue weighted by atomic mass is 9.87. The third-order valence-electron chi connectivity index (χ3n) is 9.50. The molecule has 49 heavy (non-hydrogen) atoms. The molecule has 8 rings (SSSR count). The highest BCUT2D eigenvalue weighted by Gasteiger charge is 2.22. The van der Waals surface area contributed by atoms with E-state index in [1.165, 1.54) is 54.9 Å². The van der Waals surface area contributed by atoms with Crippen LogP contribution < -0.4 is 5.32 Å². The highest BCUT2D eigenvalue weighted by atomic mass is 14.9. The second-order valence-corrected chi connectivity index (χ2v) is 12.6. The highest BCUT2D eigenvalue weighted by Crippen LogP contribution is 2.41. The average molecular weight is 635 g/mol. The van der Waals surface area contributed by atoms with E-state index in [1.54, 1.807) is 0 Å². The Morgan fingerprint density at radius 3 is 2.10 bits per heavy atom. The van der Waals surface area contributed by atoms with Crippen molar-refractivity contribution < 1.29 is 0 Å². The molecular formula is C47H42N2. The summed E-state index contributed by atoms with van der Waals surface area (Å²) < 4.78 is 0. The summed E-state index contributed by atoms with van der Waals surface area (Å²) in [7, 11) is 0. The van der Waals surface area contributed by atoms with Crippen LogP contribution >= 0.6 is 0 Å². The van der Waals surface area contributed by atoms with Gasteiger partial charge in [-0.15, -0.1) is 0 Å². The minimum Gasteiger partial charge on any atom is -0.374 e. The first-order valence-corrected chi connectivity index (χ1v) is 17.4. The molecule has 2 unspecified atom stereocenters. The summed E-state index contributed by atoms with van der Waals surface area (Å²) in [6.07, 6.45) is 17.4. The van der Waals surface area contributed by atoms with E-state index in [0.29, 0.717) is 5.92 Å². The number of benzene rings is 5. The molecule has 0 saturated heterocycles. The molecule has 0 spiro atoms. The normalized spacial score (nSPS) is 17.7. The van der Waals surface area contributed by atoms with Gasteiger partial charge in [0.25, 0.3) is 0 Å². The van der Waals surface area contributed by atoms with Crippen molar-refractivity contribution in [3.05, 3.63) is 192 Å². The fraction of sp³-hybridized carbons (Fsp3) is 0.128. The van der Waals surface area contributed by atoms with Crippen molar-refractivity contribution in [3.63, 3.8) is 0 Å². The first kappa shape index (κ1) is 31.8. The van der Waals surface area contributed by atoms with Gasteiger partial charge in [0.2, 0.25) is 0 Å². The van der Waals surface area contributed by atoms with Crippen LogP contribution in [0.2, 0.25) is 0 Å². The fourth-order valence-electron chi connectivity index (χ4n) is 6.70. The number of aromatic nitrogens is 1. The summed E-state index contributed by atoms with van der Waals surface area (Å²) in [5.74, 6) is 0.418. The molecule has 0 radical (unpaired) electrons. The second-order valence-electron chi connectivity index (χ2n) is 12.6. The van der Waals surface area contributed by atoms with Crippen LogP contribution in [0.3, 0.4) is 0 Å². The van der Waals surface area contributed by atoms with Crippen LogP contribution in [0.15, 0.2) is 170 Å². The Bertz CT molecular complexity index is 2300. The molecule has 1 aliphatic heterocycles. The van der Waals surface area contributed by atoms with Crippen molar-refractivity contribution in [3.8, 4) is 11.1 Å². The maximum absolute atomic E-state index is 4.97. The van der Waals surface area contributed by atoms with Gasteiger partial charge in [-0.1, -0.05) is 142 Å². The Balaban J connectivity index is 0.00000186. The number of rotatable bonds is 5. The quantitative estimate of drug-likeness (QED) is 0.204. The molecule has 2 heteroatoms. The van der Waals surface area contributed by atoms with E-state index in [9.17, 15) is 0 Å². The van der Waals surface area contributed by atoms with E-state index in [-0.39, 0.29) is 6.04 Å². The molecular weight excluding hydrogens is 593 g/mol. The lowest BCUT2D eigenvalue weighted by Crippen LogP contribution is -2.15. The van der Waals surface area contributed by atoms with Crippen LogP contribution in [0.1, 0.15) is 56.1 Å². The smallest absolute Gasteiger partial charge is 0.0707 e. The highest BCUT2D eigenvalue weighted by molar-refractivity contribution is 5.93. The Morgan fingerprint density at radius 2 is 1.37 bits per heavy atom. The average Bonchev–Trinajstić information content (AvgIpc) is 3.17. The van der Waals surface area contributed by atoms with Gasteiger partial charge in [0, 0.05) is 23.0 Å². The Morgan fingerprint density at radius 1 is 0.694 bits per heavy atom. The molecule has 240 valence electrons. The molecule has 2 aliphatic rings. The third-order valence-corrected chi connectivity index (χ3v) is 9.50. The summed E-state index contributed by atoms with van der Waals surface area (Å²) in [6, 6.07) is 41.8. The van der Waals surface area contributed by atoms with Gasteiger partial charge in [0.1, 0.15) is 0 Å². The summed E-state index contributed by atoms with van der Waals surface area (Å²) in [5, 5.41) is 8.84. The first-order valence-electron chi connectivity index (χ1n) is 17.4. The molecule has 0 amide bonds. The van der Waals surface area contributed by atoms with Crippen molar-refractivity contribution in [2.24, 2.45) is 5.92 Å². The lowest BCUT2D eigenvalue weighted by molar-refractivity contribution is 0.884. The van der Waals surface area contributed by atoms with Gasteiger partial charge in [0.15, 0.2) is 0 Å². The molecule has 0 fully saturated rings. The van der Waals surface area contributed by atoms with Gasteiger partial charge >= 0.3 is 0 Å². The summed E-state index contributed by atoms with van der Waals surface area (Å²) in [4.78, 5) is 4.97. The van der Waals surface area contributed by atoms with Crippen LogP contribution in [-0.2, 0) is 0 Å². The van der Waals surface area contributed by atoms with E-state index in [4.69, 9.17) is 4.98 Å². The second kappa shape index (κ2) is 14.2. The van der Waals surface area contributed by atoms with E-state index >= 15 is 0 Å². The van der Waals surface area contributed by atoms with Crippen molar-refractivity contribution in [1.29, 1.82) is 0 Å². The Hall–Kier alpha value is -5.73. The molecule has 2 nitrogen and oxygen atoms in total. The van der Waals surface area contributed by atoms with E-state index in [0.717, 1.165) is 22.5 Å². The zero-order chi connectivity index (χ0) is 33.7. The van der Waals surface area contributed by atoms with Gasteiger partial charge in [-0.05, 0) is 104 Å². The zero-order valence-corrected chi connectivity index (χ0v) is 28.7. The number of allylic oxidation sites excluding steroid dienone is 8. The molecule has 1 N–H and O–H groups in total. The maximum atomic E-state index is 4.97. The topological polar surface area (TPSA) is 24.9 Å². The van der Waals surface area contributed by atoms with Crippen molar-refractivity contribution >= 4 is 38.4 Å². The monoisotopic (exact) mass is 634 g/mol. The Labute approximate surface area is 290 Å².